The normalized spacial score (nSPS) is 14.7. The summed E-state index contributed by atoms with van der Waals surface area (Å²) >= 11 is 0. The Morgan fingerprint density at radius 3 is 2.60 bits per heavy atom. The average Bonchev–Trinajstić information content (AvgIpc) is 2.77. The molecular formula is C22H20F3N3O2. The van der Waals surface area contributed by atoms with E-state index in [9.17, 15) is 18.0 Å². The number of carbonyl (C=O) groups is 1. The molecule has 1 N–H and O–H groups in total. The number of nitrogens with zero attached hydrogens (tertiary/aromatic N) is 2. The number of halogens is 3. The fourth-order valence-corrected chi connectivity index (χ4v) is 3.44. The molecular weight excluding hydrogens is 395 g/mol. The van der Waals surface area contributed by atoms with Crippen LogP contribution in [0.25, 0.3) is 10.9 Å². The Labute approximate surface area is 171 Å². The quantitative estimate of drug-likeness (QED) is 0.699. The predicted molar refractivity (Wildman–Crippen MR) is 107 cm³/mol. The first-order chi connectivity index (χ1) is 14.4. The van der Waals surface area contributed by atoms with Crippen LogP contribution in [0.5, 0.6) is 0 Å². The number of anilines is 1. The number of pyridine rings is 1. The minimum absolute atomic E-state index is 0.00765. The molecule has 1 aromatic heterocycles. The highest BCUT2D eigenvalue weighted by Crippen LogP contribution is 2.29. The van der Waals surface area contributed by atoms with Crippen LogP contribution in [0.3, 0.4) is 0 Å². The molecule has 3 aromatic rings. The summed E-state index contributed by atoms with van der Waals surface area (Å²) in [6, 6.07) is 14.0. The van der Waals surface area contributed by atoms with Crippen LogP contribution in [0.2, 0.25) is 0 Å². The molecule has 1 saturated heterocycles. The van der Waals surface area contributed by atoms with E-state index >= 15 is 0 Å². The smallest absolute Gasteiger partial charge is 0.378 e. The molecule has 1 amide bonds. The van der Waals surface area contributed by atoms with Crippen LogP contribution in [-0.2, 0) is 17.5 Å². The Morgan fingerprint density at radius 1 is 1.07 bits per heavy atom. The van der Waals surface area contributed by atoms with Crippen LogP contribution in [0.4, 0.5) is 19.0 Å². The van der Waals surface area contributed by atoms with Crippen molar-refractivity contribution in [1.82, 2.24) is 10.3 Å². The number of nitrogens with one attached hydrogen (secondary N) is 1. The van der Waals surface area contributed by atoms with Gasteiger partial charge in [0.05, 0.1) is 29.9 Å². The number of fused-ring (bicyclic) bond motifs is 1. The summed E-state index contributed by atoms with van der Waals surface area (Å²) < 4.78 is 44.1. The maximum atomic E-state index is 12.9. The average molecular weight is 415 g/mol. The summed E-state index contributed by atoms with van der Waals surface area (Å²) in [4.78, 5) is 19.7. The van der Waals surface area contributed by atoms with Gasteiger partial charge in [0.1, 0.15) is 5.82 Å². The number of aromatic nitrogens is 1. The second-order valence-electron chi connectivity index (χ2n) is 7.03. The number of hydrogen-bond donors (Lipinski definition) is 1. The molecule has 0 aliphatic carbocycles. The van der Waals surface area contributed by atoms with Crippen molar-refractivity contribution in [3.63, 3.8) is 0 Å². The number of carbonyl (C=O) groups excluding carboxylic acids is 1. The first kappa shape index (κ1) is 20.2. The van der Waals surface area contributed by atoms with Gasteiger partial charge < -0.3 is 15.0 Å². The number of para-hydroxylation sites is 1. The number of ether oxygens (including phenoxy) is 1. The maximum absolute atomic E-state index is 12.9. The van der Waals surface area contributed by atoms with Gasteiger partial charge in [-0.05, 0) is 29.8 Å². The fourth-order valence-electron chi connectivity index (χ4n) is 3.44. The van der Waals surface area contributed by atoms with Gasteiger partial charge in [-0.25, -0.2) is 4.98 Å². The third kappa shape index (κ3) is 4.38. The van der Waals surface area contributed by atoms with Crippen molar-refractivity contribution in [3.8, 4) is 0 Å². The summed E-state index contributed by atoms with van der Waals surface area (Å²) in [6.45, 7) is 2.52. The molecule has 1 aliphatic heterocycles. The van der Waals surface area contributed by atoms with Crippen molar-refractivity contribution in [2.75, 3.05) is 31.2 Å². The summed E-state index contributed by atoms with van der Waals surface area (Å²) in [6.07, 6.45) is -4.42. The lowest BCUT2D eigenvalue weighted by atomic mass is 10.1. The highest BCUT2D eigenvalue weighted by Gasteiger charge is 2.30. The van der Waals surface area contributed by atoms with Crippen LogP contribution < -0.4 is 10.2 Å². The Balaban J connectivity index is 1.59. The van der Waals surface area contributed by atoms with Gasteiger partial charge in [-0.2, -0.15) is 13.2 Å². The molecule has 0 atom stereocenters. The van der Waals surface area contributed by atoms with Crippen LogP contribution >= 0.6 is 0 Å². The topological polar surface area (TPSA) is 54.5 Å². The van der Waals surface area contributed by atoms with Crippen molar-refractivity contribution in [2.45, 2.75) is 12.7 Å². The highest BCUT2D eigenvalue weighted by molar-refractivity contribution is 6.07. The molecule has 30 heavy (non-hydrogen) atoms. The van der Waals surface area contributed by atoms with E-state index in [0.717, 1.165) is 12.1 Å². The number of rotatable bonds is 4. The largest absolute Gasteiger partial charge is 0.416 e. The fraction of sp³-hybridized carbons (Fsp3) is 0.273. The Morgan fingerprint density at radius 2 is 1.83 bits per heavy atom. The van der Waals surface area contributed by atoms with Gasteiger partial charge in [0.25, 0.3) is 5.91 Å². The van der Waals surface area contributed by atoms with E-state index < -0.39 is 11.7 Å². The summed E-state index contributed by atoms with van der Waals surface area (Å²) in [7, 11) is 0. The van der Waals surface area contributed by atoms with Gasteiger partial charge in [0.15, 0.2) is 0 Å². The molecule has 0 unspecified atom stereocenters. The standard InChI is InChI=1S/C22H20F3N3O2/c23-22(24,25)16-5-3-4-15(12-16)14-26-21(29)18-13-20(28-8-10-30-11-9-28)27-19-7-2-1-6-17(18)19/h1-7,12-13H,8-11,14H2,(H,26,29). The van der Waals surface area contributed by atoms with Gasteiger partial charge in [-0.3, -0.25) is 4.79 Å². The monoisotopic (exact) mass is 415 g/mol. The summed E-state index contributed by atoms with van der Waals surface area (Å²) in [5.74, 6) is 0.321. The number of alkyl halides is 3. The molecule has 0 spiro atoms. The van der Waals surface area contributed by atoms with E-state index in [1.54, 1.807) is 12.1 Å². The van der Waals surface area contributed by atoms with Gasteiger partial charge in [0.2, 0.25) is 0 Å². The number of benzene rings is 2. The summed E-state index contributed by atoms with van der Waals surface area (Å²) in [5.41, 5.74) is 0.767. The number of hydrogen-bond acceptors (Lipinski definition) is 4. The Hall–Kier alpha value is -3.13. The van der Waals surface area contributed by atoms with Crippen molar-refractivity contribution in [3.05, 3.63) is 71.3 Å². The van der Waals surface area contributed by atoms with Crippen LogP contribution in [0.15, 0.2) is 54.6 Å². The minimum atomic E-state index is -4.42. The van der Waals surface area contributed by atoms with Gasteiger partial charge in [0, 0.05) is 25.0 Å². The van der Waals surface area contributed by atoms with Crippen molar-refractivity contribution >= 4 is 22.6 Å². The number of amides is 1. The van der Waals surface area contributed by atoms with E-state index in [4.69, 9.17) is 4.74 Å². The molecule has 2 aromatic carbocycles. The molecule has 1 fully saturated rings. The minimum Gasteiger partial charge on any atom is -0.378 e. The Kier molecular flexibility index (Phi) is 5.59. The zero-order chi connectivity index (χ0) is 21.1. The third-order valence-electron chi connectivity index (χ3n) is 4.99. The van der Waals surface area contributed by atoms with Gasteiger partial charge >= 0.3 is 6.18 Å². The SMILES string of the molecule is O=C(NCc1cccc(C(F)(F)F)c1)c1cc(N2CCOCC2)nc2ccccc12. The van der Waals surface area contributed by atoms with Gasteiger partial charge in [-0.1, -0.05) is 30.3 Å². The zero-order valence-corrected chi connectivity index (χ0v) is 16.1. The van der Waals surface area contributed by atoms with Crippen LogP contribution in [0, 0.1) is 0 Å². The van der Waals surface area contributed by atoms with Crippen molar-refractivity contribution in [1.29, 1.82) is 0 Å². The molecule has 2 heterocycles. The van der Waals surface area contributed by atoms with E-state index in [1.807, 2.05) is 24.3 Å². The molecule has 0 bridgehead atoms. The zero-order valence-electron chi connectivity index (χ0n) is 16.1. The molecule has 4 rings (SSSR count). The molecule has 0 saturated carbocycles. The lowest BCUT2D eigenvalue weighted by Gasteiger charge is -2.28. The van der Waals surface area contributed by atoms with Crippen LogP contribution in [0.1, 0.15) is 21.5 Å². The van der Waals surface area contributed by atoms with E-state index in [2.05, 4.69) is 15.2 Å². The highest BCUT2D eigenvalue weighted by atomic mass is 19.4. The maximum Gasteiger partial charge on any atom is 0.416 e. The lowest BCUT2D eigenvalue weighted by Crippen LogP contribution is -2.37. The Bertz CT molecular complexity index is 1060. The van der Waals surface area contributed by atoms with Crippen LogP contribution in [-0.4, -0.2) is 37.2 Å². The molecule has 1 aliphatic rings. The first-order valence-corrected chi connectivity index (χ1v) is 9.58. The van der Waals surface area contributed by atoms with Crippen molar-refractivity contribution < 1.29 is 22.7 Å². The van der Waals surface area contributed by atoms with E-state index in [1.165, 1.54) is 6.07 Å². The summed E-state index contributed by atoms with van der Waals surface area (Å²) in [5, 5.41) is 3.43. The molecule has 8 heteroatoms. The molecule has 5 nitrogen and oxygen atoms in total. The second kappa shape index (κ2) is 8.31. The first-order valence-electron chi connectivity index (χ1n) is 9.58. The number of morpholine rings is 1. The predicted octanol–water partition coefficient (Wildman–Crippen LogP) is 4.02. The molecule has 0 radical (unpaired) electrons. The third-order valence-corrected chi connectivity index (χ3v) is 4.99. The van der Waals surface area contributed by atoms with Gasteiger partial charge in [-0.15, -0.1) is 0 Å². The lowest BCUT2D eigenvalue weighted by molar-refractivity contribution is -0.137. The molecule has 156 valence electrons. The van der Waals surface area contributed by atoms with Crippen molar-refractivity contribution in [2.24, 2.45) is 0 Å². The van der Waals surface area contributed by atoms with E-state index in [0.29, 0.717) is 54.2 Å². The second-order valence-corrected chi connectivity index (χ2v) is 7.03. The van der Waals surface area contributed by atoms with E-state index in [-0.39, 0.29) is 12.5 Å².